The summed E-state index contributed by atoms with van der Waals surface area (Å²) in [6, 6.07) is 18.3. The molecule has 1 aliphatic rings. The molecule has 0 bridgehead atoms. The Bertz CT molecular complexity index is 890. The lowest BCUT2D eigenvalue weighted by atomic mass is 10.1. The molecule has 0 aliphatic carbocycles. The summed E-state index contributed by atoms with van der Waals surface area (Å²) in [5.74, 6) is 1.13. The van der Waals surface area contributed by atoms with Crippen molar-refractivity contribution in [2.24, 2.45) is 0 Å². The molecule has 26 heavy (non-hydrogen) atoms. The Balaban J connectivity index is 0.00000121. The second-order valence-electron chi connectivity index (χ2n) is 6.39. The topological polar surface area (TPSA) is 44.9 Å². The van der Waals surface area contributed by atoms with Gasteiger partial charge >= 0.3 is 0 Å². The number of imidazole rings is 1. The summed E-state index contributed by atoms with van der Waals surface area (Å²) in [4.78, 5) is 7.36. The summed E-state index contributed by atoms with van der Waals surface area (Å²) in [5, 5.41) is 8.96. The van der Waals surface area contributed by atoms with Crippen molar-refractivity contribution in [1.29, 1.82) is 5.26 Å². The van der Waals surface area contributed by atoms with Crippen molar-refractivity contribution in [3.05, 3.63) is 65.5 Å². The molecule has 0 atom stereocenters. The van der Waals surface area contributed by atoms with Crippen LogP contribution in [0.3, 0.4) is 0 Å². The van der Waals surface area contributed by atoms with Crippen LogP contribution in [0.25, 0.3) is 11.0 Å². The van der Waals surface area contributed by atoms with Gasteiger partial charge in [0.05, 0.1) is 29.2 Å². The van der Waals surface area contributed by atoms with E-state index in [1.54, 1.807) is 0 Å². The third-order valence-corrected chi connectivity index (χ3v) is 4.72. The van der Waals surface area contributed by atoms with Gasteiger partial charge in [-0.1, -0.05) is 24.3 Å². The molecule has 0 amide bonds. The molecular weight excluding hydrogens is 367 g/mol. The van der Waals surface area contributed by atoms with Gasteiger partial charge in [-0.2, -0.15) is 5.26 Å². The quantitative estimate of drug-likeness (QED) is 0.665. The summed E-state index contributed by atoms with van der Waals surface area (Å²) in [5.41, 5.74) is 4.13. The fourth-order valence-corrected chi connectivity index (χ4v) is 3.43. The number of halogens is 2. The van der Waals surface area contributed by atoms with Gasteiger partial charge in [0.2, 0.25) is 0 Å². The zero-order chi connectivity index (χ0) is 16.4. The van der Waals surface area contributed by atoms with E-state index in [1.807, 2.05) is 30.3 Å². The van der Waals surface area contributed by atoms with Crippen molar-refractivity contribution >= 4 is 35.8 Å². The molecular formula is C20H22Cl2N4. The van der Waals surface area contributed by atoms with Crippen molar-refractivity contribution in [2.75, 3.05) is 13.1 Å². The number of aromatic nitrogens is 2. The largest absolute Gasteiger partial charge is 0.322 e. The van der Waals surface area contributed by atoms with Crippen LogP contribution in [0.2, 0.25) is 0 Å². The van der Waals surface area contributed by atoms with Crippen molar-refractivity contribution in [2.45, 2.75) is 25.9 Å². The van der Waals surface area contributed by atoms with Gasteiger partial charge in [-0.3, -0.25) is 4.90 Å². The number of hydrogen-bond donors (Lipinski definition) is 0. The molecule has 4 rings (SSSR count). The molecule has 1 aliphatic heterocycles. The molecule has 0 saturated carbocycles. The van der Waals surface area contributed by atoms with Gasteiger partial charge in [0, 0.05) is 6.54 Å². The minimum atomic E-state index is 0. The van der Waals surface area contributed by atoms with E-state index in [-0.39, 0.29) is 24.8 Å². The third kappa shape index (κ3) is 4.19. The van der Waals surface area contributed by atoms with Crippen LogP contribution in [-0.2, 0) is 13.1 Å². The lowest BCUT2D eigenvalue weighted by molar-refractivity contribution is 0.318. The van der Waals surface area contributed by atoms with Gasteiger partial charge in [0.25, 0.3) is 0 Å². The first-order valence-electron chi connectivity index (χ1n) is 8.49. The lowest BCUT2D eigenvalue weighted by Gasteiger charge is -2.16. The molecule has 1 saturated heterocycles. The standard InChI is InChI=1S/C20H20N4.2ClH/c21-13-16-7-9-17(10-8-16)14-24-19-6-2-1-5-18(19)22-20(24)15-23-11-3-4-12-23;;/h1-2,5-10H,3-4,11-12,14-15H2;2*1H. The second-order valence-corrected chi connectivity index (χ2v) is 6.39. The molecule has 0 spiro atoms. The smallest absolute Gasteiger partial charge is 0.124 e. The summed E-state index contributed by atoms with van der Waals surface area (Å²) < 4.78 is 2.31. The van der Waals surface area contributed by atoms with E-state index in [0.29, 0.717) is 5.56 Å². The number of rotatable bonds is 4. The van der Waals surface area contributed by atoms with E-state index < -0.39 is 0 Å². The maximum absolute atomic E-state index is 8.96. The van der Waals surface area contributed by atoms with Gasteiger partial charge in [-0.15, -0.1) is 24.8 Å². The van der Waals surface area contributed by atoms with E-state index in [4.69, 9.17) is 10.2 Å². The fraction of sp³-hybridized carbons (Fsp3) is 0.300. The van der Waals surface area contributed by atoms with Gasteiger partial charge in [0.15, 0.2) is 0 Å². The fourth-order valence-electron chi connectivity index (χ4n) is 3.43. The average Bonchev–Trinajstić information content (AvgIpc) is 3.25. The van der Waals surface area contributed by atoms with Crippen LogP contribution >= 0.6 is 24.8 Å². The molecule has 2 aromatic carbocycles. The highest BCUT2D eigenvalue weighted by Crippen LogP contribution is 2.21. The highest BCUT2D eigenvalue weighted by molar-refractivity contribution is 5.85. The van der Waals surface area contributed by atoms with Crippen LogP contribution in [0.15, 0.2) is 48.5 Å². The zero-order valence-electron chi connectivity index (χ0n) is 14.5. The lowest BCUT2D eigenvalue weighted by Crippen LogP contribution is -2.21. The first-order valence-corrected chi connectivity index (χ1v) is 8.49. The highest BCUT2D eigenvalue weighted by atomic mass is 35.5. The van der Waals surface area contributed by atoms with Crippen molar-refractivity contribution in [3.8, 4) is 6.07 Å². The molecule has 6 heteroatoms. The average molecular weight is 389 g/mol. The SMILES string of the molecule is Cl.Cl.N#Cc1ccc(Cn2c(CN3CCCC3)nc3ccccc32)cc1. The van der Waals surface area contributed by atoms with Gasteiger partial charge in [-0.05, 0) is 55.8 Å². The van der Waals surface area contributed by atoms with Crippen molar-refractivity contribution in [1.82, 2.24) is 14.5 Å². The van der Waals surface area contributed by atoms with Crippen LogP contribution in [0.1, 0.15) is 29.8 Å². The van der Waals surface area contributed by atoms with E-state index in [9.17, 15) is 0 Å². The van der Waals surface area contributed by atoms with E-state index in [1.165, 1.54) is 37.0 Å². The number of para-hydroxylation sites is 2. The maximum atomic E-state index is 8.96. The third-order valence-electron chi connectivity index (χ3n) is 4.72. The zero-order valence-corrected chi connectivity index (χ0v) is 16.1. The molecule has 3 aromatic rings. The molecule has 0 N–H and O–H groups in total. The number of benzene rings is 2. The molecule has 136 valence electrons. The predicted molar refractivity (Wildman–Crippen MR) is 109 cm³/mol. The van der Waals surface area contributed by atoms with Gasteiger partial charge < -0.3 is 4.57 Å². The van der Waals surface area contributed by atoms with Crippen LogP contribution in [-0.4, -0.2) is 27.5 Å². The van der Waals surface area contributed by atoms with Crippen LogP contribution in [0, 0.1) is 11.3 Å². The number of nitrogens with zero attached hydrogens (tertiary/aromatic N) is 4. The maximum Gasteiger partial charge on any atom is 0.124 e. The van der Waals surface area contributed by atoms with Crippen molar-refractivity contribution < 1.29 is 0 Å². The molecule has 1 fully saturated rings. The van der Waals surface area contributed by atoms with E-state index >= 15 is 0 Å². The monoisotopic (exact) mass is 388 g/mol. The molecule has 4 nitrogen and oxygen atoms in total. The number of likely N-dealkylation sites (tertiary alicyclic amines) is 1. The Morgan fingerprint density at radius 3 is 2.31 bits per heavy atom. The van der Waals surface area contributed by atoms with Crippen molar-refractivity contribution in [3.63, 3.8) is 0 Å². The summed E-state index contributed by atoms with van der Waals surface area (Å²) in [6.07, 6.45) is 2.58. The van der Waals surface area contributed by atoms with Crippen LogP contribution in [0.4, 0.5) is 0 Å². The first kappa shape index (κ1) is 20.3. The molecule has 0 unspecified atom stereocenters. The number of hydrogen-bond acceptors (Lipinski definition) is 3. The molecule has 0 radical (unpaired) electrons. The Kier molecular flexibility index (Phi) is 7.05. The summed E-state index contributed by atoms with van der Waals surface area (Å²) in [6.45, 7) is 4.03. The van der Waals surface area contributed by atoms with Gasteiger partial charge in [0.1, 0.15) is 5.82 Å². The van der Waals surface area contributed by atoms with E-state index in [0.717, 1.165) is 24.4 Å². The number of nitriles is 1. The summed E-state index contributed by atoms with van der Waals surface area (Å²) in [7, 11) is 0. The minimum absolute atomic E-state index is 0. The first-order chi connectivity index (χ1) is 11.8. The Labute approximate surface area is 166 Å². The Morgan fingerprint density at radius 1 is 0.923 bits per heavy atom. The number of fused-ring (bicyclic) bond motifs is 1. The second kappa shape index (κ2) is 9.05. The van der Waals surface area contributed by atoms with Crippen LogP contribution in [0.5, 0.6) is 0 Å². The predicted octanol–water partition coefficient (Wildman–Crippen LogP) is 4.40. The van der Waals surface area contributed by atoms with Crippen LogP contribution < -0.4 is 0 Å². The highest BCUT2D eigenvalue weighted by Gasteiger charge is 2.17. The molecule has 2 heterocycles. The Morgan fingerprint density at radius 2 is 1.62 bits per heavy atom. The normalized spacial score (nSPS) is 13.8. The minimum Gasteiger partial charge on any atom is -0.322 e. The Hall–Kier alpha value is -2.06. The van der Waals surface area contributed by atoms with E-state index in [2.05, 4.69) is 33.7 Å². The molecule has 1 aromatic heterocycles. The summed E-state index contributed by atoms with van der Waals surface area (Å²) >= 11 is 0. The van der Waals surface area contributed by atoms with Gasteiger partial charge in [-0.25, -0.2) is 4.98 Å².